The molecule has 0 aliphatic carbocycles. The Balaban J connectivity index is 0.992. The number of hydrogen-bond donors (Lipinski definition) is 0. The van der Waals surface area contributed by atoms with Gasteiger partial charge in [-0.3, -0.25) is 0 Å². The van der Waals surface area contributed by atoms with Crippen LogP contribution in [0.2, 0.25) is 0 Å². The van der Waals surface area contributed by atoms with Crippen LogP contribution in [0.4, 0.5) is 0 Å². The number of hydrogen-bond acceptors (Lipinski definition) is 3. The van der Waals surface area contributed by atoms with Gasteiger partial charge in [-0.15, -0.1) is 0 Å². The molecule has 9 aromatic carbocycles. The van der Waals surface area contributed by atoms with E-state index >= 15 is 0 Å². The SMILES string of the molecule is c1ccc(-c2nc(-c3ccccc3)c3oc4ccc(-c5ccc6c(c5)c5cc(-c7ccc8c(c7)c7ccccc7n8-c7ccccc7)ccc5n6-c5ccccc5)cc4c3n2)cc1. The number of rotatable bonds is 6. The molecule has 0 radical (unpaired) electrons. The molecule has 0 unspecified atom stereocenters. The van der Waals surface area contributed by atoms with Gasteiger partial charge in [-0.05, 0) is 101 Å². The summed E-state index contributed by atoms with van der Waals surface area (Å²) in [7, 11) is 0. The van der Waals surface area contributed by atoms with Crippen LogP contribution in [0.25, 0.3) is 122 Å². The Labute approximate surface area is 362 Å². The number of fused-ring (bicyclic) bond motifs is 9. The van der Waals surface area contributed by atoms with Crippen LogP contribution >= 0.6 is 0 Å². The van der Waals surface area contributed by atoms with Crippen molar-refractivity contribution in [2.45, 2.75) is 0 Å². The van der Waals surface area contributed by atoms with Crippen molar-refractivity contribution in [2.24, 2.45) is 0 Å². The molecule has 0 aliphatic rings. The molecule has 0 spiro atoms. The number of aromatic nitrogens is 4. The minimum Gasteiger partial charge on any atom is -0.452 e. The van der Waals surface area contributed by atoms with Crippen molar-refractivity contribution in [3.63, 3.8) is 0 Å². The van der Waals surface area contributed by atoms with E-state index in [1.165, 1.54) is 43.7 Å². The maximum absolute atomic E-state index is 6.60. The molecule has 4 heterocycles. The van der Waals surface area contributed by atoms with E-state index in [0.717, 1.165) is 66.8 Å². The second kappa shape index (κ2) is 14.0. The van der Waals surface area contributed by atoms with Gasteiger partial charge in [-0.2, -0.15) is 0 Å². The summed E-state index contributed by atoms with van der Waals surface area (Å²) >= 11 is 0. The minimum absolute atomic E-state index is 0.669. The lowest BCUT2D eigenvalue weighted by atomic mass is 9.98. The first-order valence-electron chi connectivity index (χ1n) is 21.3. The second-order valence-electron chi connectivity index (χ2n) is 16.2. The van der Waals surface area contributed by atoms with Crippen molar-refractivity contribution in [1.29, 1.82) is 0 Å². The monoisotopic (exact) mass is 804 g/mol. The van der Waals surface area contributed by atoms with E-state index in [9.17, 15) is 0 Å². The molecular weight excluding hydrogens is 769 g/mol. The molecule has 13 aromatic rings. The van der Waals surface area contributed by atoms with E-state index in [4.69, 9.17) is 14.4 Å². The van der Waals surface area contributed by atoms with E-state index in [1.807, 2.05) is 36.4 Å². The quantitative estimate of drug-likeness (QED) is 0.168. The molecule has 0 N–H and O–H groups in total. The lowest BCUT2D eigenvalue weighted by Gasteiger charge is -2.09. The van der Waals surface area contributed by atoms with Crippen molar-refractivity contribution in [3.05, 3.63) is 218 Å². The predicted octanol–water partition coefficient (Wildman–Crippen LogP) is 15.2. The summed E-state index contributed by atoms with van der Waals surface area (Å²) in [5.41, 5.74) is 16.5. The molecule has 0 bridgehead atoms. The summed E-state index contributed by atoms with van der Waals surface area (Å²) in [5.74, 6) is 0.669. The van der Waals surface area contributed by atoms with Crippen LogP contribution in [-0.4, -0.2) is 19.1 Å². The molecule has 0 fully saturated rings. The highest BCUT2D eigenvalue weighted by molar-refractivity contribution is 6.14. The van der Waals surface area contributed by atoms with Gasteiger partial charge in [-0.25, -0.2) is 9.97 Å². The summed E-state index contributed by atoms with van der Waals surface area (Å²) in [6.45, 7) is 0. The molecule has 0 saturated carbocycles. The van der Waals surface area contributed by atoms with Crippen LogP contribution in [0, 0.1) is 0 Å². The second-order valence-corrected chi connectivity index (χ2v) is 16.2. The summed E-state index contributed by atoms with van der Waals surface area (Å²) < 4.78 is 11.4. The Morgan fingerprint density at radius 3 is 1.30 bits per heavy atom. The number of nitrogens with zero attached hydrogens (tertiary/aromatic N) is 4. The molecule has 0 aliphatic heterocycles. The lowest BCUT2D eigenvalue weighted by Crippen LogP contribution is -1.93. The Bertz CT molecular complexity index is 3890. The standard InChI is InChI=1S/C58H36N4O/c1-5-15-37(16-6-1)55-57-56(60-58(59-55)38-17-7-2-8-18-38)49-36-42(28-32-54(49)63-57)41-27-31-53-48(35-41)47-34-40(26-30-52(47)62(53)44-21-11-4-12-22-44)39-25-29-51-46(33-39)45-23-13-14-24-50(45)61(51)43-19-9-3-10-20-43/h1-36H. The first kappa shape index (κ1) is 35.2. The normalized spacial score (nSPS) is 11.8. The zero-order valence-electron chi connectivity index (χ0n) is 34.0. The summed E-state index contributed by atoms with van der Waals surface area (Å²) in [6.07, 6.45) is 0. The average molecular weight is 805 g/mol. The Morgan fingerprint density at radius 1 is 0.317 bits per heavy atom. The molecule has 0 amide bonds. The van der Waals surface area contributed by atoms with Gasteiger partial charge in [0, 0.05) is 49.4 Å². The lowest BCUT2D eigenvalue weighted by molar-refractivity contribution is 0.667. The maximum atomic E-state index is 6.60. The molecule has 63 heavy (non-hydrogen) atoms. The van der Waals surface area contributed by atoms with Crippen LogP contribution < -0.4 is 0 Å². The van der Waals surface area contributed by atoms with E-state index in [2.05, 4.69) is 191 Å². The van der Waals surface area contributed by atoms with Crippen molar-refractivity contribution < 1.29 is 4.42 Å². The van der Waals surface area contributed by atoms with Crippen LogP contribution in [0.1, 0.15) is 0 Å². The largest absolute Gasteiger partial charge is 0.452 e. The molecule has 5 nitrogen and oxygen atoms in total. The molecule has 294 valence electrons. The zero-order chi connectivity index (χ0) is 41.4. The highest BCUT2D eigenvalue weighted by Gasteiger charge is 2.20. The number of para-hydroxylation sites is 3. The van der Waals surface area contributed by atoms with Crippen LogP contribution in [0.15, 0.2) is 223 Å². The first-order valence-corrected chi connectivity index (χ1v) is 21.3. The topological polar surface area (TPSA) is 48.8 Å². The van der Waals surface area contributed by atoms with Gasteiger partial charge in [0.2, 0.25) is 0 Å². The van der Waals surface area contributed by atoms with Gasteiger partial charge in [0.05, 0.1) is 22.1 Å². The van der Waals surface area contributed by atoms with Crippen molar-refractivity contribution in [3.8, 4) is 56.3 Å². The van der Waals surface area contributed by atoms with Crippen LogP contribution in [0.3, 0.4) is 0 Å². The Morgan fingerprint density at radius 2 is 0.746 bits per heavy atom. The molecule has 5 heteroatoms. The third-order valence-electron chi connectivity index (χ3n) is 12.5. The van der Waals surface area contributed by atoms with Gasteiger partial charge >= 0.3 is 0 Å². The Hall–Kier alpha value is -8.54. The fourth-order valence-corrected chi connectivity index (χ4v) is 9.58. The van der Waals surface area contributed by atoms with E-state index in [1.54, 1.807) is 0 Å². The summed E-state index contributed by atoms with van der Waals surface area (Å²) in [4.78, 5) is 10.2. The average Bonchev–Trinajstić information content (AvgIpc) is 4.01. The third kappa shape index (κ3) is 5.64. The van der Waals surface area contributed by atoms with Gasteiger partial charge in [-0.1, -0.05) is 140 Å². The maximum Gasteiger partial charge on any atom is 0.180 e. The molecule has 0 atom stereocenters. The number of furan rings is 1. The smallest absolute Gasteiger partial charge is 0.180 e. The molecule has 13 rings (SSSR count). The minimum atomic E-state index is 0.669. The van der Waals surface area contributed by atoms with E-state index < -0.39 is 0 Å². The summed E-state index contributed by atoms with van der Waals surface area (Å²) in [5, 5.41) is 5.82. The highest BCUT2D eigenvalue weighted by Crippen LogP contribution is 2.41. The van der Waals surface area contributed by atoms with Gasteiger partial charge in [0.1, 0.15) is 16.8 Å². The van der Waals surface area contributed by atoms with Crippen molar-refractivity contribution in [1.82, 2.24) is 19.1 Å². The fraction of sp³-hybridized carbons (Fsp3) is 0. The van der Waals surface area contributed by atoms with Crippen molar-refractivity contribution in [2.75, 3.05) is 0 Å². The summed E-state index contributed by atoms with van der Waals surface area (Å²) in [6, 6.07) is 77.5. The zero-order valence-corrected chi connectivity index (χ0v) is 34.0. The molecule has 4 aromatic heterocycles. The molecular formula is C58H36N4O. The van der Waals surface area contributed by atoms with Crippen LogP contribution in [-0.2, 0) is 0 Å². The van der Waals surface area contributed by atoms with Crippen LogP contribution in [0.5, 0.6) is 0 Å². The van der Waals surface area contributed by atoms with Gasteiger partial charge < -0.3 is 13.6 Å². The van der Waals surface area contributed by atoms with Gasteiger partial charge in [0.15, 0.2) is 11.4 Å². The highest BCUT2D eigenvalue weighted by atomic mass is 16.3. The first-order chi connectivity index (χ1) is 31.2. The van der Waals surface area contributed by atoms with E-state index in [-0.39, 0.29) is 0 Å². The van der Waals surface area contributed by atoms with Crippen molar-refractivity contribution >= 4 is 65.7 Å². The fourth-order valence-electron chi connectivity index (χ4n) is 9.58. The van der Waals surface area contributed by atoms with E-state index in [0.29, 0.717) is 11.4 Å². The number of benzene rings is 9. The Kier molecular flexibility index (Phi) is 7.84. The molecule has 0 saturated heterocycles. The third-order valence-corrected chi connectivity index (χ3v) is 12.5. The predicted molar refractivity (Wildman–Crippen MR) is 260 cm³/mol. The van der Waals surface area contributed by atoms with Gasteiger partial charge in [0.25, 0.3) is 0 Å².